The molecular weight excluding hydrogens is 110 g/mol. The predicted octanol–water partition coefficient (Wildman–Crippen LogP) is -0.750. The first-order chi connectivity index (χ1) is 3.93. The number of hydrogen-bond donors (Lipinski definition) is 1. The van der Waals surface area contributed by atoms with Gasteiger partial charge < -0.3 is 9.47 Å². The highest BCUT2D eigenvalue weighted by Gasteiger charge is 2.14. The highest BCUT2D eigenvalue weighted by atomic mass is 16.7. The standard InChI is InChI=1S/C4H9NO3/c5-8-3-4-6-1-2-7-4/h4H,1-3,5H2. The van der Waals surface area contributed by atoms with Crippen LogP contribution < -0.4 is 5.90 Å². The van der Waals surface area contributed by atoms with Crippen LogP contribution in [0.25, 0.3) is 0 Å². The van der Waals surface area contributed by atoms with Gasteiger partial charge in [-0.2, -0.15) is 0 Å². The molecule has 1 rings (SSSR count). The van der Waals surface area contributed by atoms with Gasteiger partial charge in [0.2, 0.25) is 0 Å². The number of nitrogens with two attached hydrogens (primary N) is 1. The van der Waals surface area contributed by atoms with E-state index in [9.17, 15) is 0 Å². The van der Waals surface area contributed by atoms with Crippen LogP contribution in [-0.4, -0.2) is 26.1 Å². The molecule has 4 heteroatoms. The summed E-state index contributed by atoms with van der Waals surface area (Å²) >= 11 is 0. The van der Waals surface area contributed by atoms with Crippen molar-refractivity contribution in [3.63, 3.8) is 0 Å². The minimum absolute atomic E-state index is 0.236. The van der Waals surface area contributed by atoms with E-state index in [0.717, 1.165) is 0 Å². The molecule has 0 bridgehead atoms. The van der Waals surface area contributed by atoms with Gasteiger partial charge in [-0.1, -0.05) is 0 Å². The van der Waals surface area contributed by atoms with Crippen LogP contribution in [-0.2, 0) is 14.3 Å². The van der Waals surface area contributed by atoms with Crippen molar-refractivity contribution in [1.82, 2.24) is 0 Å². The van der Waals surface area contributed by atoms with Crippen LogP contribution in [0.5, 0.6) is 0 Å². The molecule has 2 N–H and O–H groups in total. The third-order valence-electron chi connectivity index (χ3n) is 0.923. The van der Waals surface area contributed by atoms with E-state index >= 15 is 0 Å². The lowest BCUT2D eigenvalue weighted by Crippen LogP contribution is -2.18. The molecule has 0 aromatic carbocycles. The van der Waals surface area contributed by atoms with E-state index in [0.29, 0.717) is 19.8 Å². The van der Waals surface area contributed by atoms with Crippen LogP contribution in [0.3, 0.4) is 0 Å². The predicted molar refractivity (Wildman–Crippen MR) is 25.8 cm³/mol. The Morgan fingerprint density at radius 2 is 2.12 bits per heavy atom. The zero-order valence-corrected chi connectivity index (χ0v) is 4.50. The Labute approximate surface area is 47.5 Å². The Balaban J connectivity index is 2.06. The molecule has 1 fully saturated rings. The van der Waals surface area contributed by atoms with Crippen LogP contribution in [0.15, 0.2) is 0 Å². The van der Waals surface area contributed by atoms with Crippen molar-refractivity contribution in [1.29, 1.82) is 0 Å². The average Bonchev–Trinajstić information content (AvgIpc) is 2.19. The van der Waals surface area contributed by atoms with Gasteiger partial charge in [0.1, 0.15) is 6.61 Å². The average molecular weight is 119 g/mol. The first-order valence-corrected chi connectivity index (χ1v) is 2.48. The molecule has 0 aliphatic carbocycles. The summed E-state index contributed by atoms with van der Waals surface area (Å²) in [5.74, 6) is 4.75. The maximum absolute atomic E-state index is 4.97. The third kappa shape index (κ3) is 1.41. The quantitative estimate of drug-likeness (QED) is 0.486. The van der Waals surface area contributed by atoms with Gasteiger partial charge in [-0.05, 0) is 0 Å². The lowest BCUT2D eigenvalue weighted by Gasteiger charge is -2.04. The topological polar surface area (TPSA) is 53.7 Å². The molecule has 0 spiro atoms. The monoisotopic (exact) mass is 119 g/mol. The molecule has 0 radical (unpaired) electrons. The summed E-state index contributed by atoms with van der Waals surface area (Å²) < 4.78 is 9.93. The summed E-state index contributed by atoms with van der Waals surface area (Å²) in [4.78, 5) is 4.28. The number of ether oxygens (including phenoxy) is 2. The normalized spacial score (nSPS) is 22.1. The fourth-order valence-corrected chi connectivity index (χ4v) is 0.582. The zero-order valence-electron chi connectivity index (χ0n) is 4.50. The van der Waals surface area contributed by atoms with Gasteiger partial charge in [-0.15, -0.1) is 0 Å². The molecule has 4 nitrogen and oxygen atoms in total. The summed E-state index contributed by atoms with van der Waals surface area (Å²) in [6, 6.07) is 0. The molecule has 0 atom stereocenters. The van der Waals surface area contributed by atoms with Crippen molar-refractivity contribution in [3.05, 3.63) is 0 Å². The van der Waals surface area contributed by atoms with E-state index in [1.807, 2.05) is 0 Å². The largest absolute Gasteiger partial charge is 0.348 e. The van der Waals surface area contributed by atoms with E-state index < -0.39 is 0 Å². The summed E-state index contributed by atoms with van der Waals surface area (Å²) in [6.07, 6.45) is -0.236. The van der Waals surface area contributed by atoms with Crippen molar-refractivity contribution in [2.24, 2.45) is 5.90 Å². The first-order valence-electron chi connectivity index (χ1n) is 2.48. The van der Waals surface area contributed by atoms with Crippen LogP contribution in [0, 0.1) is 0 Å². The number of rotatable bonds is 2. The lowest BCUT2D eigenvalue weighted by molar-refractivity contribution is -0.0948. The molecule has 1 heterocycles. The molecule has 8 heavy (non-hydrogen) atoms. The van der Waals surface area contributed by atoms with Gasteiger partial charge in [-0.25, -0.2) is 5.90 Å². The summed E-state index contributed by atoms with van der Waals surface area (Å²) in [5, 5.41) is 0. The van der Waals surface area contributed by atoms with Gasteiger partial charge in [0.15, 0.2) is 6.29 Å². The van der Waals surface area contributed by atoms with E-state index in [4.69, 9.17) is 15.4 Å². The van der Waals surface area contributed by atoms with E-state index in [1.165, 1.54) is 0 Å². The number of hydrogen-bond acceptors (Lipinski definition) is 4. The lowest BCUT2D eigenvalue weighted by atomic mass is 10.7. The molecule has 1 saturated heterocycles. The molecule has 0 saturated carbocycles. The summed E-state index contributed by atoms with van der Waals surface area (Å²) in [5.41, 5.74) is 0. The molecular formula is C4H9NO3. The highest BCUT2D eigenvalue weighted by Crippen LogP contribution is 2.01. The van der Waals surface area contributed by atoms with Crippen LogP contribution in [0.2, 0.25) is 0 Å². The molecule has 1 aliphatic heterocycles. The van der Waals surface area contributed by atoms with Crippen molar-refractivity contribution >= 4 is 0 Å². The SMILES string of the molecule is NOCC1OCCO1. The second-order valence-electron chi connectivity index (χ2n) is 1.50. The smallest absolute Gasteiger partial charge is 0.183 e. The molecule has 48 valence electrons. The Kier molecular flexibility index (Phi) is 2.23. The molecule has 0 amide bonds. The van der Waals surface area contributed by atoms with Crippen LogP contribution >= 0.6 is 0 Å². The van der Waals surface area contributed by atoms with Crippen LogP contribution in [0.4, 0.5) is 0 Å². The fourth-order valence-electron chi connectivity index (χ4n) is 0.582. The minimum atomic E-state index is -0.236. The second-order valence-corrected chi connectivity index (χ2v) is 1.50. The molecule has 0 aromatic rings. The van der Waals surface area contributed by atoms with Gasteiger partial charge in [0.05, 0.1) is 13.2 Å². The van der Waals surface area contributed by atoms with Gasteiger partial charge in [-0.3, -0.25) is 4.84 Å². The van der Waals surface area contributed by atoms with Crippen molar-refractivity contribution in [2.75, 3.05) is 19.8 Å². The van der Waals surface area contributed by atoms with Crippen molar-refractivity contribution < 1.29 is 14.3 Å². The fraction of sp³-hybridized carbons (Fsp3) is 1.00. The van der Waals surface area contributed by atoms with Crippen molar-refractivity contribution in [2.45, 2.75) is 6.29 Å². The van der Waals surface area contributed by atoms with E-state index in [1.54, 1.807) is 0 Å². The Bertz CT molecular complexity index is 62.3. The summed E-state index contributed by atoms with van der Waals surface area (Å²) in [7, 11) is 0. The summed E-state index contributed by atoms with van der Waals surface area (Å²) in [6.45, 7) is 1.61. The third-order valence-corrected chi connectivity index (χ3v) is 0.923. The molecule has 0 unspecified atom stereocenters. The maximum Gasteiger partial charge on any atom is 0.183 e. The zero-order chi connectivity index (χ0) is 5.82. The Morgan fingerprint density at radius 1 is 1.50 bits per heavy atom. The van der Waals surface area contributed by atoms with Crippen LogP contribution in [0.1, 0.15) is 0 Å². The Morgan fingerprint density at radius 3 is 2.62 bits per heavy atom. The highest BCUT2D eigenvalue weighted by molar-refractivity contribution is 4.47. The van der Waals surface area contributed by atoms with E-state index in [-0.39, 0.29) is 6.29 Å². The van der Waals surface area contributed by atoms with Crippen molar-refractivity contribution in [3.8, 4) is 0 Å². The van der Waals surface area contributed by atoms with Gasteiger partial charge in [0, 0.05) is 0 Å². The van der Waals surface area contributed by atoms with Gasteiger partial charge in [0.25, 0.3) is 0 Å². The minimum Gasteiger partial charge on any atom is -0.348 e. The molecule has 1 aliphatic rings. The maximum atomic E-state index is 4.97. The molecule has 0 aromatic heterocycles. The van der Waals surface area contributed by atoms with Gasteiger partial charge >= 0.3 is 0 Å². The second kappa shape index (κ2) is 2.99. The first kappa shape index (κ1) is 5.97. The Hall–Kier alpha value is -0.160. The van der Waals surface area contributed by atoms with E-state index in [2.05, 4.69) is 4.84 Å².